The van der Waals surface area contributed by atoms with Crippen LogP contribution in [0.5, 0.6) is 0 Å². The zero-order valence-corrected chi connectivity index (χ0v) is 15.7. The van der Waals surface area contributed by atoms with Crippen molar-refractivity contribution in [2.75, 3.05) is 17.7 Å². The van der Waals surface area contributed by atoms with Crippen LogP contribution in [0.3, 0.4) is 0 Å². The molecule has 0 aliphatic rings. The molecule has 1 amide bonds. The van der Waals surface area contributed by atoms with E-state index in [0.29, 0.717) is 10.7 Å². The lowest BCUT2D eigenvalue weighted by atomic mass is 10.2. The normalized spacial score (nSPS) is 10.4. The zero-order valence-electron chi connectivity index (χ0n) is 14.2. The van der Waals surface area contributed by atoms with Crippen LogP contribution >= 0.6 is 23.4 Å². The fraction of sp³-hybridized carbons (Fsp3) is 0.263. The summed E-state index contributed by atoms with van der Waals surface area (Å²) in [5.41, 5.74) is 3.86. The number of carbonyl (C=O) groups excluding carboxylic acids is 2. The fourth-order valence-corrected chi connectivity index (χ4v) is 3.08. The van der Waals surface area contributed by atoms with E-state index in [-0.39, 0.29) is 18.3 Å². The molecule has 0 saturated heterocycles. The second-order valence-corrected chi connectivity index (χ2v) is 7.07. The number of amides is 1. The van der Waals surface area contributed by atoms with E-state index in [1.807, 2.05) is 38.1 Å². The second kappa shape index (κ2) is 9.49. The van der Waals surface area contributed by atoms with Gasteiger partial charge in [-0.05, 0) is 43.2 Å². The topological polar surface area (TPSA) is 55.4 Å². The van der Waals surface area contributed by atoms with Gasteiger partial charge in [-0.3, -0.25) is 9.59 Å². The first-order valence-corrected chi connectivity index (χ1v) is 9.32. The van der Waals surface area contributed by atoms with Gasteiger partial charge < -0.3 is 10.1 Å². The zero-order chi connectivity index (χ0) is 18.2. The molecular weight excluding hydrogens is 358 g/mol. The van der Waals surface area contributed by atoms with Crippen LogP contribution in [0.15, 0.2) is 42.5 Å². The number of ether oxygens (including phenoxy) is 1. The molecule has 0 saturated carbocycles. The quantitative estimate of drug-likeness (QED) is 0.728. The lowest BCUT2D eigenvalue weighted by Gasteiger charge is -2.09. The van der Waals surface area contributed by atoms with Crippen LogP contribution in [0.2, 0.25) is 5.02 Å². The number of aryl methyl sites for hydroxylation is 2. The summed E-state index contributed by atoms with van der Waals surface area (Å²) in [5.74, 6) is 0.162. The summed E-state index contributed by atoms with van der Waals surface area (Å²) in [7, 11) is 0. The minimum Gasteiger partial charge on any atom is -0.455 e. The Kier molecular flexibility index (Phi) is 7.34. The van der Waals surface area contributed by atoms with Crippen LogP contribution in [0.1, 0.15) is 16.7 Å². The average Bonchev–Trinajstić information content (AvgIpc) is 2.57. The van der Waals surface area contributed by atoms with E-state index in [2.05, 4.69) is 5.32 Å². The summed E-state index contributed by atoms with van der Waals surface area (Å²) in [6.45, 7) is 3.58. The van der Waals surface area contributed by atoms with Crippen LogP contribution in [0, 0.1) is 13.8 Å². The highest BCUT2D eigenvalue weighted by Crippen LogP contribution is 2.19. The number of anilines is 1. The van der Waals surface area contributed by atoms with Gasteiger partial charge in [0.25, 0.3) is 5.91 Å². The molecule has 6 heteroatoms. The van der Waals surface area contributed by atoms with Gasteiger partial charge in [0.15, 0.2) is 6.61 Å². The first kappa shape index (κ1) is 19.3. The predicted octanol–water partition coefficient (Wildman–Crippen LogP) is 4.37. The number of hydrogen-bond donors (Lipinski definition) is 1. The number of benzene rings is 2. The molecule has 4 nitrogen and oxygen atoms in total. The molecule has 25 heavy (non-hydrogen) atoms. The molecule has 0 radical (unpaired) electrons. The van der Waals surface area contributed by atoms with Crippen LogP contribution in [0.4, 0.5) is 5.69 Å². The van der Waals surface area contributed by atoms with Crippen LogP contribution < -0.4 is 5.32 Å². The van der Waals surface area contributed by atoms with Crippen LogP contribution in [-0.4, -0.2) is 24.2 Å². The third kappa shape index (κ3) is 6.80. The first-order valence-electron chi connectivity index (χ1n) is 7.79. The Morgan fingerprint density at radius 3 is 2.52 bits per heavy atom. The molecule has 132 valence electrons. The molecule has 0 heterocycles. The summed E-state index contributed by atoms with van der Waals surface area (Å²) < 4.78 is 5.00. The predicted molar refractivity (Wildman–Crippen MR) is 103 cm³/mol. The van der Waals surface area contributed by atoms with Crippen LogP contribution in [-0.2, 0) is 20.1 Å². The number of thioether (sulfide) groups is 1. The van der Waals surface area contributed by atoms with Crippen molar-refractivity contribution in [3.63, 3.8) is 0 Å². The Balaban J connectivity index is 1.68. The maximum absolute atomic E-state index is 11.9. The molecular formula is C19H20ClNO3S. The molecule has 0 bridgehead atoms. The second-order valence-electron chi connectivity index (χ2n) is 5.65. The molecule has 0 atom stereocenters. The Morgan fingerprint density at radius 1 is 1.12 bits per heavy atom. The number of halogens is 1. The SMILES string of the molecule is Cc1ccc(CSCC(=O)OCC(=O)Nc2ccc(Cl)cc2C)cc1. The highest BCUT2D eigenvalue weighted by Gasteiger charge is 2.09. The number of hydrogen-bond acceptors (Lipinski definition) is 4. The minimum atomic E-state index is -0.403. The van der Waals surface area contributed by atoms with Gasteiger partial charge in [-0.15, -0.1) is 11.8 Å². The van der Waals surface area contributed by atoms with Crippen molar-refractivity contribution in [3.8, 4) is 0 Å². The molecule has 0 fully saturated rings. The average molecular weight is 378 g/mol. The third-order valence-corrected chi connectivity index (χ3v) is 4.65. The highest BCUT2D eigenvalue weighted by atomic mass is 35.5. The van der Waals surface area contributed by atoms with E-state index >= 15 is 0 Å². The summed E-state index contributed by atoms with van der Waals surface area (Å²) in [5, 5.41) is 3.30. The van der Waals surface area contributed by atoms with E-state index < -0.39 is 5.97 Å². The smallest absolute Gasteiger partial charge is 0.316 e. The van der Waals surface area contributed by atoms with Crippen LogP contribution in [0.25, 0.3) is 0 Å². The first-order chi connectivity index (χ1) is 11.9. The van der Waals surface area contributed by atoms with Crippen molar-refractivity contribution in [2.24, 2.45) is 0 Å². The largest absolute Gasteiger partial charge is 0.455 e. The van der Waals surface area contributed by atoms with E-state index in [1.165, 1.54) is 17.3 Å². The van der Waals surface area contributed by atoms with Gasteiger partial charge in [-0.2, -0.15) is 0 Å². The maximum Gasteiger partial charge on any atom is 0.316 e. The summed E-state index contributed by atoms with van der Waals surface area (Å²) >= 11 is 7.33. The Labute approximate surface area is 156 Å². The standard InChI is InChI=1S/C19H20ClNO3S/c1-13-3-5-15(6-4-13)11-25-12-19(23)24-10-18(22)21-17-8-7-16(20)9-14(17)2/h3-9H,10-12H2,1-2H3,(H,21,22). The van der Waals surface area contributed by atoms with Crippen molar-refractivity contribution in [3.05, 3.63) is 64.2 Å². The van der Waals surface area contributed by atoms with Crippen molar-refractivity contribution < 1.29 is 14.3 Å². The van der Waals surface area contributed by atoms with Gasteiger partial charge in [0.1, 0.15) is 0 Å². The molecule has 2 rings (SSSR count). The molecule has 0 unspecified atom stereocenters. The third-order valence-electron chi connectivity index (χ3n) is 3.44. The van der Waals surface area contributed by atoms with E-state index in [1.54, 1.807) is 18.2 Å². The van der Waals surface area contributed by atoms with Gasteiger partial charge in [0.05, 0.1) is 5.75 Å². The lowest BCUT2D eigenvalue weighted by molar-refractivity contribution is -0.144. The Hall–Kier alpha value is -1.98. The van der Waals surface area contributed by atoms with E-state index in [0.717, 1.165) is 16.9 Å². The number of carbonyl (C=O) groups is 2. The van der Waals surface area contributed by atoms with Gasteiger partial charge in [-0.25, -0.2) is 0 Å². The Morgan fingerprint density at radius 2 is 1.84 bits per heavy atom. The number of rotatable bonds is 7. The van der Waals surface area contributed by atoms with Gasteiger partial charge in [0, 0.05) is 16.5 Å². The van der Waals surface area contributed by atoms with Crippen molar-refractivity contribution >= 4 is 40.9 Å². The molecule has 0 aliphatic carbocycles. The monoisotopic (exact) mass is 377 g/mol. The Bertz CT molecular complexity index is 747. The summed E-state index contributed by atoms with van der Waals surface area (Å²) in [6, 6.07) is 13.3. The number of esters is 1. The molecule has 2 aromatic rings. The lowest BCUT2D eigenvalue weighted by Crippen LogP contribution is -2.22. The minimum absolute atomic E-state index is 0.209. The molecule has 0 aromatic heterocycles. The molecule has 2 aromatic carbocycles. The van der Waals surface area contributed by atoms with Gasteiger partial charge in [-0.1, -0.05) is 41.4 Å². The van der Waals surface area contributed by atoms with Crippen molar-refractivity contribution in [2.45, 2.75) is 19.6 Å². The molecule has 1 N–H and O–H groups in total. The fourth-order valence-electron chi connectivity index (χ4n) is 2.08. The summed E-state index contributed by atoms with van der Waals surface area (Å²) in [6.07, 6.45) is 0. The number of nitrogens with one attached hydrogen (secondary N) is 1. The summed E-state index contributed by atoms with van der Waals surface area (Å²) in [4.78, 5) is 23.6. The van der Waals surface area contributed by atoms with Gasteiger partial charge in [0.2, 0.25) is 0 Å². The van der Waals surface area contributed by atoms with Crippen molar-refractivity contribution in [1.82, 2.24) is 0 Å². The molecule has 0 spiro atoms. The van der Waals surface area contributed by atoms with Crippen molar-refractivity contribution in [1.29, 1.82) is 0 Å². The van der Waals surface area contributed by atoms with Gasteiger partial charge >= 0.3 is 5.97 Å². The van der Waals surface area contributed by atoms with E-state index in [4.69, 9.17) is 16.3 Å². The maximum atomic E-state index is 11.9. The molecule has 0 aliphatic heterocycles. The van der Waals surface area contributed by atoms with E-state index in [9.17, 15) is 9.59 Å². The highest BCUT2D eigenvalue weighted by molar-refractivity contribution is 7.99.